The quantitative estimate of drug-likeness (QED) is 0.905. The van der Waals surface area contributed by atoms with Crippen molar-refractivity contribution < 1.29 is 4.42 Å². The fourth-order valence-corrected chi connectivity index (χ4v) is 3.00. The zero-order valence-electron chi connectivity index (χ0n) is 9.74. The molecule has 0 bridgehead atoms. The molecule has 1 aromatic carbocycles. The van der Waals surface area contributed by atoms with Crippen LogP contribution in [0.2, 0.25) is 0 Å². The van der Waals surface area contributed by atoms with Gasteiger partial charge in [-0.25, -0.2) is 0 Å². The summed E-state index contributed by atoms with van der Waals surface area (Å²) in [5.74, 6) is 0.938. The van der Waals surface area contributed by atoms with Crippen molar-refractivity contribution in [2.75, 3.05) is 0 Å². The lowest BCUT2D eigenvalue weighted by Crippen LogP contribution is -2.06. The Bertz CT molecular complexity index is 522. The molecule has 1 heterocycles. The normalized spacial score (nSPS) is 12.7. The van der Waals surface area contributed by atoms with E-state index in [0.29, 0.717) is 0 Å². The van der Waals surface area contributed by atoms with Crippen LogP contribution in [0.4, 0.5) is 0 Å². The summed E-state index contributed by atoms with van der Waals surface area (Å²) in [5.41, 5.74) is 7.14. The SMILES string of the molecule is Cc1occc1Sc1ccc(Br)cc1C(C)N. The van der Waals surface area contributed by atoms with Gasteiger partial charge in [-0.15, -0.1) is 0 Å². The van der Waals surface area contributed by atoms with Crippen molar-refractivity contribution in [2.24, 2.45) is 5.73 Å². The van der Waals surface area contributed by atoms with E-state index in [0.717, 1.165) is 20.7 Å². The number of hydrogen-bond donors (Lipinski definition) is 1. The maximum Gasteiger partial charge on any atom is 0.114 e. The van der Waals surface area contributed by atoms with E-state index in [4.69, 9.17) is 10.2 Å². The lowest BCUT2D eigenvalue weighted by Gasteiger charge is -2.12. The lowest BCUT2D eigenvalue weighted by atomic mass is 10.1. The molecular weight excluding hydrogens is 298 g/mol. The molecule has 4 heteroatoms. The molecule has 1 atom stereocenters. The van der Waals surface area contributed by atoms with Gasteiger partial charge in [0.2, 0.25) is 0 Å². The number of hydrogen-bond acceptors (Lipinski definition) is 3. The van der Waals surface area contributed by atoms with E-state index in [-0.39, 0.29) is 6.04 Å². The number of halogens is 1. The van der Waals surface area contributed by atoms with Crippen LogP contribution in [0.1, 0.15) is 24.3 Å². The zero-order valence-corrected chi connectivity index (χ0v) is 12.1. The average molecular weight is 312 g/mol. The Morgan fingerprint density at radius 1 is 1.29 bits per heavy atom. The van der Waals surface area contributed by atoms with Crippen LogP contribution in [0, 0.1) is 6.92 Å². The standard InChI is InChI=1S/C13H14BrNOS/c1-8(15)11-7-10(14)3-4-13(11)17-12-5-6-16-9(12)2/h3-8H,15H2,1-2H3. The molecule has 0 aliphatic heterocycles. The third kappa shape index (κ3) is 2.94. The number of furan rings is 1. The fourth-order valence-electron chi connectivity index (χ4n) is 1.57. The van der Waals surface area contributed by atoms with Gasteiger partial charge >= 0.3 is 0 Å². The van der Waals surface area contributed by atoms with Crippen LogP contribution in [0.25, 0.3) is 0 Å². The van der Waals surface area contributed by atoms with E-state index < -0.39 is 0 Å². The molecule has 0 saturated heterocycles. The second-order valence-electron chi connectivity index (χ2n) is 3.91. The molecule has 2 aromatic rings. The summed E-state index contributed by atoms with van der Waals surface area (Å²) in [6.45, 7) is 3.96. The lowest BCUT2D eigenvalue weighted by molar-refractivity contribution is 0.527. The van der Waals surface area contributed by atoms with Crippen molar-refractivity contribution >= 4 is 27.7 Å². The van der Waals surface area contributed by atoms with Crippen LogP contribution in [0.3, 0.4) is 0 Å². The average Bonchev–Trinajstić information content (AvgIpc) is 2.67. The minimum atomic E-state index is 0.0159. The molecule has 90 valence electrons. The predicted octanol–water partition coefficient (Wildman–Crippen LogP) is 4.52. The second-order valence-corrected chi connectivity index (χ2v) is 5.91. The van der Waals surface area contributed by atoms with Gasteiger partial charge in [-0.2, -0.15) is 0 Å². The first-order chi connectivity index (χ1) is 8.08. The molecule has 2 N–H and O–H groups in total. The first-order valence-corrected chi connectivity index (χ1v) is 6.96. The summed E-state index contributed by atoms with van der Waals surface area (Å²) in [6.07, 6.45) is 1.71. The van der Waals surface area contributed by atoms with Gasteiger partial charge in [-0.05, 0) is 43.7 Å². The predicted molar refractivity (Wildman–Crippen MR) is 74.3 cm³/mol. The molecule has 1 unspecified atom stereocenters. The first kappa shape index (κ1) is 12.7. The summed E-state index contributed by atoms with van der Waals surface area (Å²) in [5, 5.41) is 0. The summed E-state index contributed by atoms with van der Waals surface area (Å²) in [6, 6.07) is 8.18. The monoisotopic (exact) mass is 311 g/mol. The summed E-state index contributed by atoms with van der Waals surface area (Å²) >= 11 is 5.16. The van der Waals surface area contributed by atoms with Crippen molar-refractivity contribution in [3.8, 4) is 0 Å². The molecule has 2 nitrogen and oxygen atoms in total. The van der Waals surface area contributed by atoms with E-state index in [1.807, 2.05) is 26.0 Å². The van der Waals surface area contributed by atoms with E-state index in [1.54, 1.807) is 18.0 Å². The van der Waals surface area contributed by atoms with E-state index in [9.17, 15) is 0 Å². The third-order valence-corrected chi connectivity index (χ3v) is 4.22. The van der Waals surface area contributed by atoms with E-state index in [2.05, 4.69) is 28.1 Å². The van der Waals surface area contributed by atoms with Crippen LogP contribution in [0.15, 0.2) is 49.2 Å². The first-order valence-electron chi connectivity index (χ1n) is 5.35. The molecule has 0 saturated carbocycles. The summed E-state index contributed by atoms with van der Waals surface area (Å²) in [4.78, 5) is 2.31. The van der Waals surface area contributed by atoms with Gasteiger partial charge in [-0.3, -0.25) is 0 Å². The van der Waals surface area contributed by atoms with Crippen molar-refractivity contribution in [1.82, 2.24) is 0 Å². The molecular formula is C13H14BrNOS. The molecule has 0 spiro atoms. The van der Waals surface area contributed by atoms with E-state index in [1.165, 1.54) is 4.90 Å². The molecule has 17 heavy (non-hydrogen) atoms. The van der Waals surface area contributed by atoms with Crippen LogP contribution in [-0.4, -0.2) is 0 Å². The highest BCUT2D eigenvalue weighted by Crippen LogP contribution is 2.36. The van der Waals surface area contributed by atoms with Crippen molar-refractivity contribution in [3.63, 3.8) is 0 Å². The topological polar surface area (TPSA) is 39.2 Å². The van der Waals surface area contributed by atoms with Gasteiger partial charge in [0, 0.05) is 15.4 Å². The number of nitrogens with two attached hydrogens (primary N) is 1. The number of rotatable bonds is 3. The van der Waals surface area contributed by atoms with Gasteiger partial charge in [0.1, 0.15) is 5.76 Å². The van der Waals surface area contributed by atoms with E-state index >= 15 is 0 Å². The Morgan fingerprint density at radius 3 is 2.65 bits per heavy atom. The van der Waals surface area contributed by atoms with Gasteiger partial charge in [0.05, 0.1) is 11.2 Å². The van der Waals surface area contributed by atoms with Gasteiger partial charge in [0.15, 0.2) is 0 Å². The summed E-state index contributed by atoms with van der Waals surface area (Å²) < 4.78 is 6.35. The highest BCUT2D eigenvalue weighted by atomic mass is 79.9. The molecule has 0 aliphatic carbocycles. The minimum Gasteiger partial charge on any atom is -0.468 e. The Morgan fingerprint density at radius 2 is 2.06 bits per heavy atom. The number of aryl methyl sites for hydroxylation is 1. The molecule has 0 aliphatic rings. The molecule has 2 rings (SSSR count). The van der Waals surface area contributed by atoms with Crippen LogP contribution in [0.5, 0.6) is 0 Å². The molecule has 1 aromatic heterocycles. The Balaban J connectivity index is 2.36. The van der Waals surface area contributed by atoms with Crippen molar-refractivity contribution in [3.05, 3.63) is 46.3 Å². The highest BCUT2D eigenvalue weighted by molar-refractivity contribution is 9.10. The fraction of sp³-hybridized carbons (Fsp3) is 0.231. The third-order valence-electron chi connectivity index (χ3n) is 2.49. The smallest absolute Gasteiger partial charge is 0.114 e. The second kappa shape index (κ2) is 5.29. The number of benzene rings is 1. The Kier molecular flexibility index (Phi) is 3.97. The van der Waals surface area contributed by atoms with Crippen LogP contribution >= 0.6 is 27.7 Å². The van der Waals surface area contributed by atoms with Crippen LogP contribution < -0.4 is 5.73 Å². The Labute approximate surface area is 114 Å². The van der Waals surface area contributed by atoms with Crippen molar-refractivity contribution in [1.29, 1.82) is 0 Å². The van der Waals surface area contributed by atoms with Gasteiger partial charge in [-0.1, -0.05) is 27.7 Å². The molecule has 0 fully saturated rings. The van der Waals surface area contributed by atoms with Crippen LogP contribution in [-0.2, 0) is 0 Å². The highest BCUT2D eigenvalue weighted by Gasteiger charge is 2.11. The minimum absolute atomic E-state index is 0.0159. The largest absolute Gasteiger partial charge is 0.468 e. The maximum atomic E-state index is 5.99. The van der Waals surface area contributed by atoms with Crippen molar-refractivity contribution in [2.45, 2.75) is 29.7 Å². The van der Waals surface area contributed by atoms with Gasteiger partial charge < -0.3 is 10.2 Å². The molecule has 0 radical (unpaired) electrons. The summed E-state index contributed by atoms with van der Waals surface area (Å²) in [7, 11) is 0. The molecule has 0 amide bonds. The zero-order chi connectivity index (χ0) is 12.4. The Hall–Kier alpha value is -0.710. The van der Waals surface area contributed by atoms with Gasteiger partial charge in [0.25, 0.3) is 0 Å². The maximum absolute atomic E-state index is 5.99.